The first-order chi connectivity index (χ1) is 23.1. The molecular formula is C36H36Cl2FN9. The lowest BCUT2D eigenvalue weighted by atomic mass is 9.95. The van der Waals surface area contributed by atoms with E-state index in [0.717, 1.165) is 55.8 Å². The highest BCUT2D eigenvalue weighted by Crippen LogP contribution is 2.39. The van der Waals surface area contributed by atoms with Crippen molar-refractivity contribution in [2.75, 3.05) is 35.6 Å². The molecule has 1 fully saturated rings. The van der Waals surface area contributed by atoms with Crippen molar-refractivity contribution in [3.63, 3.8) is 0 Å². The fourth-order valence-corrected chi connectivity index (χ4v) is 7.25. The van der Waals surface area contributed by atoms with Crippen molar-refractivity contribution >= 4 is 56.9 Å². The molecule has 12 heteroatoms. The van der Waals surface area contributed by atoms with Gasteiger partial charge in [-0.1, -0.05) is 40.5 Å². The molecule has 3 N–H and O–H groups in total. The van der Waals surface area contributed by atoms with Gasteiger partial charge in [0.05, 0.1) is 45.1 Å². The highest BCUT2D eigenvalue weighted by molar-refractivity contribution is 6.36. The number of pyridine rings is 1. The van der Waals surface area contributed by atoms with E-state index in [4.69, 9.17) is 28.3 Å². The number of nitrogens with zero attached hydrogens (tertiary/aromatic N) is 6. The Balaban J connectivity index is 1.27. The van der Waals surface area contributed by atoms with E-state index in [1.54, 1.807) is 6.07 Å². The molecule has 0 saturated carbocycles. The number of halogens is 3. The topological polar surface area (TPSA) is 107 Å². The molecule has 4 heterocycles. The first-order valence-electron chi connectivity index (χ1n) is 16.1. The van der Waals surface area contributed by atoms with Gasteiger partial charge in [0.1, 0.15) is 17.6 Å². The first-order valence-corrected chi connectivity index (χ1v) is 16.9. The molecule has 1 atom stereocenters. The number of nitrogens with one attached hydrogen (secondary N) is 3. The Labute approximate surface area is 289 Å². The van der Waals surface area contributed by atoms with Gasteiger partial charge in [-0.15, -0.1) is 5.10 Å². The third-order valence-electron chi connectivity index (χ3n) is 9.37. The number of rotatable bonds is 7. The van der Waals surface area contributed by atoms with Crippen LogP contribution in [0.1, 0.15) is 68.1 Å². The van der Waals surface area contributed by atoms with Crippen molar-refractivity contribution in [1.82, 2.24) is 24.9 Å². The first kappa shape index (κ1) is 32.1. The molecule has 1 unspecified atom stereocenters. The molecule has 0 bridgehead atoms. The van der Waals surface area contributed by atoms with Crippen LogP contribution in [-0.4, -0.2) is 50.1 Å². The predicted molar refractivity (Wildman–Crippen MR) is 190 cm³/mol. The minimum atomic E-state index is -0.530. The summed E-state index contributed by atoms with van der Waals surface area (Å²) in [5, 5.41) is 30.8. The van der Waals surface area contributed by atoms with Gasteiger partial charge in [0.15, 0.2) is 0 Å². The fraction of sp³-hybridized carbons (Fsp3) is 0.333. The summed E-state index contributed by atoms with van der Waals surface area (Å²) in [7, 11) is 0. The summed E-state index contributed by atoms with van der Waals surface area (Å²) in [5.41, 5.74) is 6.95. The zero-order chi connectivity index (χ0) is 33.6. The fourth-order valence-electron chi connectivity index (χ4n) is 6.80. The molecule has 2 aliphatic rings. The van der Waals surface area contributed by atoms with Crippen LogP contribution < -0.4 is 16.0 Å². The number of anilines is 4. The zero-order valence-corrected chi connectivity index (χ0v) is 28.5. The van der Waals surface area contributed by atoms with E-state index in [2.05, 4.69) is 82.3 Å². The van der Waals surface area contributed by atoms with Crippen molar-refractivity contribution < 1.29 is 4.39 Å². The van der Waals surface area contributed by atoms with Gasteiger partial charge in [-0.05, 0) is 87.6 Å². The van der Waals surface area contributed by atoms with Crippen LogP contribution in [0, 0.1) is 17.1 Å². The lowest BCUT2D eigenvalue weighted by Crippen LogP contribution is -2.46. The molecule has 2 aromatic heterocycles. The summed E-state index contributed by atoms with van der Waals surface area (Å²) in [4.78, 5) is 7.02. The number of benzene rings is 3. The average Bonchev–Trinajstić information content (AvgIpc) is 3.76. The van der Waals surface area contributed by atoms with Crippen molar-refractivity contribution in [3.8, 4) is 6.07 Å². The Morgan fingerprint density at radius 1 is 1.06 bits per heavy atom. The van der Waals surface area contributed by atoms with Crippen molar-refractivity contribution in [1.29, 1.82) is 5.26 Å². The molecule has 0 spiro atoms. The van der Waals surface area contributed by atoms with Crippen LogP contribution in [0.5, 0.6) is 0 Å². The van der Waals surface area contributed by atoms with Crippen molar-refractivity contribution in [3.05, 3.63) is 99.2 Å². The Morgan fingerprint density at radius 2 is 1.85 bits per heavy atom. The molecule has 48 heavy (non-hydrogen) atoms. The smallest absolute Gasteiger partial charge is 0.141 e. The number of likely N-dealkylation sites (tertiary alicyclic amines) is 1. The molecule has 9 nitrogen and oxygen atoms in total. The number of nitriles is 1. The highest BCUT2D eigenvalue weighted by Gasteiger charge is 2.30. The Hall–Kier alpha value is -4.43. The monoisotopic (exact) mass is 683 g/mol. The summed E-state index contributed by atoms with van der Waals surface area (Å²) in [6.07, 6.45) is 6.45. The maximum atomic E-state index is 13.9. The highest BCUT2D eigenvalue weighted by atomic mass is 35.5. The van der Waals surface area contributed by atoms with Crippen LogP contribution in [0.25, 0.3) is 10.9 Å². The molecule has 0 amide bonds. The number of piperidine rings is 1. The van der Waals surface area contributed by atoms with Crippen LogP contribution in [0.4, 0.5) is 27.1 Å². The van der Waals surface area contributed by atoms with Crippen LogP contribution in [0.3, 0.4) is 0 Å². The van der Waals surface area contributed by atoms with E-state index < -0.39 is 5.82 Å². The van der Waals surface area contributed by atoms with E-state index in [-0.39, 0.29) is 22.6 Å². The van der Waals surface area contributed by atoms with Crippen molar-refractivity contribution in [2.45, 2.75) is 57.7 Å². The Bertz CT molecular complexity index is 2040. The Morgan fingerprint density at radius 3 is 2.60 bits per heavy atom. The van der Waals surface area contributed by atoms with E-state index in [0.29, 0.717) is 38.6 Å². The van der Waals surface area contributed by atoms with Crippen LogP contribution >= 0.6 is 23.2 Å². The molecule has 5 aromatic rings. The van der Waals surface area contributed by atoms with Gasteiger partial charge in [-0.3, -0.25) is 9.88 Å². The number of fused-ring (bicyclic) bond motifs is 2. The van der Waals surface area contributed by atoms with Gasteiger partial charge in [-0.25, -0.2) is 9.07 Å². The summed E-state index contributed by atoms with van der Waals surface area (Å²) in [5.74, 6) is -0.530. The quantitative estimate of drug-likeness (QED) is 0.157. The standard InChI is InChI=1S/C36H36Cl2FN9/c1-36(2,3)47-13-10-24(11-14-47)48-20-32(45-46-48)35(26-5-4-6-31-25(26)9-12-41-31)44-23-15-27-33(43-22-7-8-30(39)28(37)16-22)21(18-40)19-42-34(27)29(38)17-23/h4-8,15-17,19-20,24,35,41,44H,9-14H2,1-3H3,(H,42,43). The van der Waals surface area contributed by atoms with Crippen LogP contribution in [0.15, 0.2) is 60.9 Å². The van der Waals surface area contributed by atoms with Crippen LogP contribution in [0.2, 0.25) is 10.0 Å². The van der Waals surface area contributed by atoms with Crippen LogP contribution in [-0.2, 0) is 6.42 Å². The largest absolute Gasteiger partial charge is 0.384 e. The third kappa shape index (κ3) is 6.26. The van der Waals surface area contributed by atoms with Gasteiger partial charge in [0, 0.05) is 53.8 Å². The summed E-state index contributed by atoms with van der Waals surface area (Å²) in [6, 6.07) is 16.5. The van der Waals surface area contributed by atoms with Gasteiger partial charge in [-0.2, -0.15) is 5.26 Å². The lowest BCUT2D eigenvalue weighted by molar-refractivity contribution is 0.0866. The van der Waals surface area contributed by atoms with Gasteiger partial charge in [0.2, 0.25) is 0 Å². The molecular weight excluding hydrogens is 648 g/mol. The van der Waals surface area contributed by atoms with E-state index in [9.17, 15) is 9.65 Å². The minimum absolute atomic E-state index is 0.0298. The summed E-state index contributed by atoms with van der Waals surface area (Å²) < 4.78 is 16.0. The van der Waals surface area contributed by atoms with Gasteiger partial charge >= 0.3 is 0 Å². The SMILES string of the molecule is CC(C)(C)N1CCC(n2cc(C(Nc3cc(Cl)c4ncc(C#N)c(Nc5ccc(F)c(Cl)c5)c4c3)c3cccc4c3CCN4)nn2)CC1. The molecule has 7 rings (SSSR count). The van der Waals surface area contributed by atoms with E-state index in [1.807, 2.05) is 16.8 Å². The lowest BCUT2D eigenvalue weighted by Gasteiger charge is -2.40. The molecule has 0 radical (unpaired) electrons. The van der Waals surface area contributed by atoms with Crippen molar-refractivity contribution in [2.24, 2.45) is 0 Å². The second-order valence-corrected chi connectivity index (χ2v) is 14.2. The van der Waals surface area contributed by atoms with Gasteiger partial charge < -0.3 is 16.0 Å². The second kappa shape index (κ2) is 12.9. The Kier molecular flexibility index (Phi) is 8.62. The molecule has 3 aromatic carbocycles. The number of hydrogen-bond acceptors (Lipinski definition) is 8. The molecule has 1 saturated heterocycles. The predicted octanol–water partition coefficient (Wildman–Crippen LogP) is 8.49. The zero-order valence-electron chi connectivity index (χ0n) is 27.0. The summed E-state index contributed by atoms with van der Waals surface area (Å²) >= 11 is 12.9. The van der Waals surface area contributed by atoms with E-state index >= 15 is 0 Å². The normalized spacial score (nSPS) is 15.9. The average molecular weight is 685 g/mol. The number of aromatic nitrogens is 4. The maximum Gasteiger partial charge on any atom is 0.141 e. The molecule has 246 valence electrons. The number of hydrogen-bond donors (Lipinski definition) is 3. The second-order valence-electron chi connectivity index (χ2n) is 13.4. The molecule has 0 aliphatic carbocycles. The maximum absolute atomic E-state index is 13.9. The summed E-state index contributed by atoms with van der Waals surface area (Å²) in [6.45, 7) is 9.67. The minimum Gasteiger partial charge on any atom is -0.384 e. The third-order valence-corrected chi connectivity index (χ3v) is 9.95. The van der Waals surface area contributed by atoms with Gasteiger partial charge in [0.25, 0.3) is 0 Å². The molecule has 2 aliphatic heterocycles. The van der Waals surface area contributed by atoms with E-state index in [1.165, 1.54) is 23.9 Å².